The average Bonchev–Trinajstić information content (AvgIpc) is 3.08. The van der Waals surface area contributed by atoms with Crippen LogP contribution in [0.1, 0.15) is 24.9 Å². The highest BCUT2D eigenvalue weighted by Crippen LogP contribution is 2.23. The molecule has 2 heteroatoms. The second-order valence-corrected chi connectivity index (χ2v) is 5.16. The molecule has 1 unspecified atom stereocenters. The van der Waals surface area contributed by atoms with Gasteiger partial charge in [0.15, 0.2) is 0 Å². The number of benzene rings is 2. The van der Waals surface area contributed by atoms with Crippen molar-refractivity contribution >= 4 is 5.69 Å². The second-order valence-electron chi connectivity index (χ2n) is 5.16. The van der Waals surface area contributed by atoms with Gasteiger partial charge < -0.3 is 9.88 Å². The van der Waals surface area contributed by atoms with E-state index >= 15 is 0 Å². The first-order valence-electron chi connectivity index (χ1n) is 7.41. The topological polar surface area (TPSA) is 17.0 Å². The third-order valence-corrected chi connectivity index (χ3v) is 3.70. The van der Waals surface area contributed by atoms with Crippen LogP contribution >= 0.6 is 0 Å². The van der Waals surface area contributed by atoms with E-state index in [-0.39, 0.29) is 0 Å². The lowest BCUT2D eigenvalue weighted by molar-refractivity contribution is 0.749. The monoisotopic (exact) mass is 276 g/mol. The summed E-state index contributed by atoms with van der Waals surface area (Å²) in [5.41, 5.74) is 3.65. The van der Waals surface area contributed by atoms with Crippen molar-refractivity contribution in [2.75, 3.05) is 5.32 Å². The number of hydrogen-bond donors (Lipinski definition) is 1. The maximum atomic E-state index is 3.63. The van der Waals surface area contributed by atoms with Gasteiger partial charge in [0.2, 0.25) is 0 Å². The molecule has 2 nitrogen and oxygen atoms in total. The van der Waals surface area contributed by atoms with Crippen molar-refractivity contribution in [2.24, 2.45) is 0 Å². The molecule has 1 heterocycles. The fourth-order valence-corrected chi connectivity index (χ4v) is 2.57. The van der Waals surface area contributed by atoms with E-state index < -0.39 is 0 Å². The minimum Gasteiger partial charge on any atom is -0.378 e. The normalized spacial score (nSPS) is 12.0. The summed E-state index contributed by atoms with van der Waals surface area (Å²) in [6.07, 6.45) is 5.18. The van der Waals surface area contributed by atoms with Gasteiger partial charge >= 0.3 is 0 Å². The average molecular weight is 276 g/mol. The number of rotatable bonds is 5. The highest BCUT2D eigenvalue weighted by molar-refractivity contribution is 5.52. The first kappa shape index (κ1) is 13.5. The Labute approximate surface area is 126 Å². The lowest BCUT2D eigenvalue weighted by Crippen LogP contribution is -2.09. The van der Waals surface area contributed by atoms with Crippen LogP contribution in [0.3, 0.4) is 0 Å². The lowest BCUT2D eigenvalue weighted by atomic mass is 10.0. The van der Waals surface area contributed by atoms with Gasteiger partial charge in [-0.15, -0.1) is 0 Å². The third kappa shape index (κ3) is 3.16. The summed E-state index contributed by atoms with van der Waals surface area (Å²) in [5, 5.41) is 3.63. The Bertz CT molecular complexity index is 672. The Morgan fingerprint density at radius 3 is 2.38 bits per heavy atom. The number of nitrogens with one attached hydrogen (secondary N) is 1. The molecule has 0 amide bonds. The molecule has 0 fully saturated rings. The highest BCUT2D eigenvalue weighted by atomic mass is 15.0. The lowest BCUT2D eigenvalue weighted by Gasteiger charge is -2.19. The predicted molar refractivity (Wildman–Crippen MR) is 88.9 cm³/mol. The zero-order valence-electron chi connectivity index (χ0n) is 12.2. The van der Waals surface area contributed by atoms with Gasteiger partial charge in [0.1, 0.15) is 0 Å². The van der Waals surface area contributed by atoms with Gasteiger partial charge in [-0.1, -0.05) is 43.3 Å². The molecule has 3 rings (SSSR count). The van der Waals surface area contributed by atoms with E-state index in [1.807, 2.05) is 12.1 Å². The Balaban J connectivity index is 1.82. The van der Waals surface area contributed by atoms with Crippen molar-refractivity contribution in [2.45, 2.75) is 19.4 Å². The van der Waals surface area contributed by atoms with Crippen LogP contribution in [0.15, 0.2) is 79.1 Å². The van der Waals surface area contributed by atoms with E-state index in [4.69, 9.17) is 0 Å². The minimum atomic E-state index is 0.339. The van der Waals surface area contributed by atoms with Crippen molar-refractivity contribution in [1.29, 1.82) is 0 Å². The Morgan fingerprint density at radius 2 is 1.67 bits per heavy atom. The van der Waals surface area contributed by atoms with Gasteiger partial charge in [0.25, 0.3) is 0 Å². The van der Waals surface area contributed by atoms with Crippen LogP contribution in [-0.4, -0.2) is 4.57 Å². The van der Waals surface area contributed by atoms with Gasteiger partial charge in [-0.3, -0.25) is 0 Å². The Morgan fingerprint density at radius 1 is 0.905 bits per heavy atom. The molecule has 0 aliphatic heterocycles. The molecule has 0 bridgehead atoms. The molecule has 21 heavy (non-hydrogen) atoms. The van der Waals surface area contributed by atoms with Crippen molar-refractivity contribution in [3.05, 3.63) is 84.7 Å². The first-order chi connectivity index (χ1) is 10.4. The fourth-order valence-electron chi connectivity index (χ4n) is 2.57. The van der Waals surface area contributed by atoms with Crippen molar-refractivity contribution < 1.29 is 0 Å². The van der Waals surface area contributed by atoms with Crippen LogP contribution < -0.4 is 5.32 Å². The SMILES string of the molecule is CCC(Nc1cccc(-n2cccc2)c1)c1ccccc1. The number of anilines is 1. The number of nitrogens with zero attached hydrogens (tertiary/aromatic N) is 1. The van der Waals surface area contributed by atoms with E-state index in [1.165, 1.54) is 11.3 Å². The molecule has 0 aliphatic carbocycles. The van der Waals surface area contributed by atoms with Gasteiger partial charge in [-0.2, -0.15) is 0 Å². The molecule has 1 N–H and O–H groups in total. The van der Waals surface area contributed by atoms with Gasteiger partial charge in [0, 0.05) is 23.8 Å². The van der Waals surface area contributed by atoms with E-state index in [0.717, 1.165) is 12.1 Å². The summed E-state index contributed by atoms with van der Waals surface area (Å²) in [4.78, 5) is 0. The molecular weight excluding hydrogens is 256 g/mol. The maximum absolute atomic E-state index is 3.63. The van der Waals surface area contributed by atoms with Crippen molar-refractivity contribution in [3.8, 4) is 5.69 Å². The summed E-state index contributed by atoms with van der Waals surface area (Å²) in [5.74, 6) is 0. The Kier molecular flexibility index (Phi) is 4.06. The van der Waals surface area contributed by atoms with Gasteiger partial charge in [-0.05, 0) is 42.3 Å². The fraction of sp³-hybridized carbons (Fsp3) is 0.158. The maximum Gasteiger partial charge on any atom is 0.0511 e. The van der Waals surface area contributed by atoms with E-state index in [9.17, 15) is 0 Å². The summed E-state index contributed by atoms with van der Waals surface area (Å²) in [7, 11) is 0. The molecule has 106 valence electrons. The van der Waals surface area contributed by atoms with E-state index in [0.29, 0.717) is 6.04 Å². The molecule has 1 aromatic heterocycles. The van der Waals surface area contributed by atoms with Crippen LogP contribution in [0, 0.1) is 0 Å². The molecule has 0 radical (unpaired) electrons. The summed E-state index contributed by atoms with van der Waals surface area (Å²) in [6.45, 7) is 2.21. The molecule has 0 saturated heterocycles. The highest BCUT2D eigenvalue weighted by Gasteiger charge is 2.08. The van der Waals surface area contributed by atoms with Crippen molar-refractivity contribution in [1.82, 2.24) is 4.57 Å². The van der Waals surface area contributed by atoms with E-state index in [1.54, 1.807) is 0 Å². The van der Waals surface area contributed by atoms with Gasteiger partial charge in [0.05, 0.1) is 6.04 Å². The molecule has 0 spiro atoms. The van der Waals surface area contributed by atoms with Crippen LogP contribution in [-0.2, 0) is 0 Å². The summed E-state index contributed by atoms with van der Waals surface area (Å²) < 4.78 is 2.12. The quantitative estimate of drug-likeness (QED) is 0.690. The minimum absolute atomic E-state index is 0.339. The van der Waals surface area contributed by atoms with Crippen LogP contribution in [0.2, 0.25) is 0 Å². The molecule has 3 aromatic rings. The molecule has 0 saturated carbocycles. The molecule has 2 aromatic carbocycles. The second kappa shape index (κ2) is 6.31. The largest absolute Gasteiger partial charge is 0.378 e. The standard InChI is InChI=1S/C19H20N2/c1-2-19(16-9-4-3-5-10-16)20-17-11-8-12-18(15-17)21-13-6-7-14-21/h3-15,19-20H,2H2,1H3. The molecule has 1 atom stereocenters. The summed E-state index contributed by atoms with van der Waals surface area (Å²) >= 11 is 0. The molecule has 0 aliphatic rings. The van der Waals surface area contributed by atoms with E-state index in [2.05, 4.69) is 83.8 Å². The Hall–Kier alpha value is -2.48. The zero-order chi connectivity index (χ0) is 14.5. The van der Waals surface area contributed by atoms with Gasteiger partial charge in [-0.25, -0.2) is 0 Å². The zero-order valence-corrected chi connectivity index (χ0v) is 12.2. The molecular formula is C19H20N2. The van der Waals surface area contributed by atoms with Crippen molar-refractivity contribution in [3.63, 3.8) is 0 Å². The van der Waals surface area contributed by atoms with Crippen LogP contribution in [0.25, 0.3) is 5.69 Å². The number of aromatic nitrogens is 1. The van der Waals surface area contributed by atoms with Crippen LogP contribution in [0.4, 0.5) is 5.69 Å². The smallest absolute Gasteiger partial charge is 0.0511 e. The van der Waals surface area contributed by atoms with Crippen LogP contribution in [0.5, 0.6) is 0 Å². The predicted octanol–water partition coefficient (Wildman–Crippen LogP) is 5.04. The number of hydrogen-bond acceptors (Lipinski definition) is 1. The summed E-state index contributed by atoms with van der Waals surface area (Å²) in [6, 6.07) is 23.5. The first-order valence-corrected chi connectivity index (χ1v) is 7.41. The third-order valence-electron chi connectivity index (χ3n) is 3.70.